The van der Waals surface area contributed by atoms with Crippen molar-refractivity contribution in [3.05, 3.63) is 34.3 Å². The molecule has 1 aromatic rings. The molecule has 5 heteroatoms. The molecule has 1 aromatic carbocycles. The van der Waals surface area contributed by atoms with Crippen LogP contribution in [0, 0.1) is 0 Å². The monoisotopic (exact) mass is 377 g/mol. The van der Waals surface area contributed by atoms with E-state index in [9.17, 15) is 4.79 Å². The zero-order valence-electron chi connectivity index (χ0n) is 13.4. The van der Waals surface area contributed by atoms with Gasteiger partial charge in [-0.25, -0.2) is 0 Å². The molecule has 4 nitrogen and oxygen atoms in total. The van der Waals surface area contributed by atoms with Crippen molar-refractivity contribution >= 4 is 21.8 Å². The molecule has 3 fully saturated rings. The lowest BCUT2D eigenvalue weighted by Crippen LogP contribution is -2.49. The van der Waals surface area contributed by atoms with Crippen molar-refractivity contribution in [1.29, 1.82) is 0 Å². The molecule has 0 bridgehead atoms. The van der Waals surface area contributed by atoms with Gasteiger partial charge in [-0.05, 0) is 37.0 Å². The van der Waals surface area contributed by atoms with Crippen LogP contribution in [0.15, 0.2) is 28.7 Å². The number of nitrogens with zero attached hydrogens (tertiary/aromatic N) is 2. The van der Waals surface area contributed by atoms with E-state index in [0.29, 0.717) is 11.9 Å². The average Bonchev–Trinajstić information content (AvgIpc) is 3.25. The second-order valence-corrected chi connectivity index (χ2v) is 7.98. The Morgan fingerprint density at radius 2 is 1.83 bits per heavy atom. The first-order valence-electron chi connectivity index (χ1n) is 8.69. The second kappa shape index (κ2) is 6.19. The van der Waals surface area contributed by atoms with Gasteiger partial charge in [0.1, 0.15) is 0 Å². The molecule has 1 atom stereocenters. The van der Waals surface area contributed by atoms with Crippen LogP contribution in [-0.2, 0) is 10.2 Å². The Bertz CT molecular complexity index is 578. The van der Waals surface area contributed by atoms with E-state index in [4.69, 9.17) is 0 Å². The molecule has 1 N–H and O–H groups in total. The van der Waals surface area contributed by atoms with Crippen LogP contribution in [0.25, 0.3) is 0 Å². The minimum absolute atomic E-state index is 0.223. The van der Waals surface area contributed by atoms with Crippen LogP contribution in [0.4, 0.5) is 0 Å². The number of piperazine rings is 1. The topological polar surface area (TPSA) is 35.6 Å². The number of hydrogen-bond donors (Lipinski definition) is 1. The first kappa shape index (κ1) is 15.6. The third kappa shape index (κ3) is 2.94. The van der Waals surface area contributed by atoms with E-state index in [1.54, 1.807) is 0 Å². The molecule has 1 amide bonds. The molecule has 0 spiro atoms. The normalized spacial score (nSPS) is 27.2. The van der Waals surface area contributed by atoms with Crippen molar-refractivity contribution in [1.82, 2.24) is 15.1 Å². The number of benzene rings is 1. The third-order valence-corrected chi connectivity index (χ3v) is 6.20. The van der Waals surface area contributed by atoms with Crippen molar-refractivity contribution in [3.63, 3.8) is 0 Å². The summed E-state index contributed by atoms with van der Waals surface area (Å²) in [5.74, 6) is 0.359. The summed E-state index contributed by atoms with van der Waals surface area (Å²) < 4.78 is 1.07. The van der Waals surface area contributed by atoms with Gasteiger partial charge in [-0.2, -0.15) is 0 Å². The minimum Gasteiger partial charge on any atom is -0.340 e. The fourth-order valence-corrected chi connectivity index (χ4v) is 4.36. The Morgan fingerprint density at radius 3 is 2.48 bits per heavy atom. The Labute approximate surface area is 146 Å². The molecular formula is C18H24BrN3O. The summed E-state index contributed by atoms with van der Waals surface area (Å²) in [5, 5.41) is 3.41. The first-order valence-corrected chi connectivity index (χ1v) is 9.48. The van der Waals surface area contributed by atoms with Gasteiger partial charge < -0.3 is 10.2 Å². The predicted molar refractivity (Wildman–Crippen MR) is 94.5 cm³/mol. The van der Waals surface area contributed by atoms with E-state index in [1.165, 1.54) is 5.56 Å². The molecule has 23 heavy (non-hydrogen) atoms. The molecule has 1 aliphatic carbocycles. The number of halogens is 1. The summed E-state index contributed by atoms with van der Waals surface area (Å²) in [6, 6.07) is 8.88. The number of carbonyl (C=O) groups is 1. The van der Waals surface area contributed by atoms with Crippen LogP contribution in [0.3, 0.4) is 0 Å². The van der Waals surface area contributed by atoms with Gasteiger partial charge in [0, 0.05) is 49.8 Å². The largest absolute Gasteiger partial charge is 0.340 e. The Morgan fingerprint density at radius 1 is 1.13 bits per heavy atom. The van der Waals surface area contributed by atoms with Gasteiger partial charge >= 0.3 is 0 Å². The number of rotatable bonds is 3. The fourth-order valence-electron chi connectivity index (χ4n) is 4.09. The Balaban J connectivity index is 1.44. The van der Waals surface area contributed by atoms with Crippen molar-refractivity contribution in [2.45, 2.75) is 30.7 Å². The Kier molecular flexibility index (Phi) is 4.20. The van der Waals surface area contributed by atoms with Gasteiger partial charge in [-0.3, -0.25) is 9.69 Å². The molecule has 2 saturated heterocycles. The molecule has 2 heterocycles. The minimum atomic E-state index is -0.223. The molecule has 0 radical (unpaired) electrons. The third-order valence-electron chi connectivity index (χ3n) is 5.67. The molecule has 2 aliphatic heterocycles. The summed E-state index contributed by atoms with van der Waals surface area (Å²) in [5.41, 5.74) is 0.968. The van der Waals surface area contributed by atoms with Crippen LogP contribution in [0.5, 0.6) is 0 Å². The maximum Gasteiger partial charge on any atom is 0.233 e. The van der Waals surface area contributed by atoms with E-state index >= 15 is 0 Å². The van der Waals surface area contributed by atoms with Crippen molar-refractivity contribution in [3.8, 4) is 0 Å². The van der Waals surface area contributed by atoms with Crippen LogP contribution in [0.2, 0.25) is 0 Å². The van der Waals surface area contributed by atoms with Gasteiger partial charge in [0.25, 0.3) is 0 Å². The zero-order valence-corrected chi connectivity index (χ0v) is 15.0. The highest BCUT2D eigenvalue weighted by atomic mass is 79.9. The second-order valence-electron chi connectivity index (χ2n) is 7.07. The lowest BCUT2D eigenvalue weighted by atomic mass is 9.94. The maximum atomic E-state index is 13.1. The lowest BCUT2D eigenvalue weighted by molar-refractivity contribution is -0.133. The van der Waals surface area contributed by atoms with Crippen molar-refractivity contribution in [2.24, 2.45) is 0 Å². The van der Waals surface area contributed by atoms with Crippen LogP contribution >= 0.6 is 15.9 Å². The molecule has 124 valence electrons. The number of carbonyl (C=O) groups excluding carboxylic acids is 1. The quantitative estimate of drug-likeness (QED) is 0.874. The van der Waals surface area contributed by atoms with E-state index < -0.39 is 0 Å². The summed E-state index contributed by atoms with van der Waals surface area (Å²) in [6.07, 6.45) is 3.13. The lowest BCUT2D eigenvalue weighted by Gasteiger charge is -2.33. The molecule has 0 aromatic heterocycles. The van der Waals surface area contributed by atoms with Gasteiger partial charge in [0.05, 0.1) is 5.41 Å². The van der Waals surface area contributed by atoms with Crippen LogP contribution in [0.1, 0.15) is 24.8 Å². The highest BCUT2D eigenvalue weighted by molar-refractivity contribution is 9.10. The average molecular weight is 378 g/mol. The molecule has 1 saturated carbocycles. The number of hydrogen-bond acceptors (Lipinski definition) is 3. The van der Waals surface area contributed by atoms with E-state index in [2.05, 4.69) is 55.3 Å². The van der Waals surface area contributed by atoms with Crippen LogP contribution < -0.4 is 5.32 Å². The predicted octanol–water partition coefficient (Wildman–Crippen LogP) is 1.99. The fraction of sp³-hybridized carbons (Fsp3) is 0.611. The molecule has 1 unspecified atom stereocenters. The number of amides is 1. The highest BCUT2D eigenvalue weighted by Gasteiger charge is 2.53. The van der Waals surface area contributed by atoms with E-state index in [0.717, 1.165) is 63.0 Å². The van der Waals surface area contributed by atoms with Gasteiger partial charge in [0.15, 0.2) is 0 Å². The molecular weight excluding hydrogens is 354 g/mol. The maximum absolute atomic E-state index is 13.1. The van der Waals surface area contributed by atoms with E-state index in [1.807, 2.05) is 0 Å². The smallest absolute Gasteiger partial charge is 0.233 e. The van der Waals surface area contributed by atoms with Crippen molar-refractivity contribution in [2.75, 3.05) is 39.3 Å². The first-order chi connectivity index (χ1) is 11.2. The highest BCUT2D eigenvalue weighted by Crippen LogP contribution is 2.50. The number of likely N-dealkylation sites (tertiary alicyclic amines) is 1. The molecule has 4 rings (SSSR count). The van der Waals surface area contributed by atoms with Crippen LogP contribution in [-0.4, -0.2) is 61.0 Å². The summed E-state index contributed by atoms with van der Waals surface area (Å²) in [6.45, 7) is 6.22. The summed E-state index contributed by atoms with van der Waals surface area (Å²) in [4.78, 5) is 17.8. The van der Waals surface area contributed by atoms with Gasteiger partial charge in [0.2, 0.25) is 5.91 Å². The van der Waals surface area contributed by atoms with E-state index in [-0.39, 0.29) is 5.41 Å². The SMILES string of the molecule is O=C(N1CCC(N2CCNCC2)C1)C1(c2ccc(Br)cc2)CC1. The molecule has 3 aliphatic rings. The van der Waals surface area contributed by atoms with Crippen molar-refractivity contribution < 1.29 is 4.79 Å². The summed E-state index contributed by atoms with van der Waals surface area (Å²) in [7, 11) is 0. The Hall–Kier alpha value is -0.910. The van der Waals surface area contributed by atoms with Gasteiger partial charge in [-0.15, -0.1) is 0 Å². The van der Waals surface area contributed by atoms with Gasteiger partial charge in [-0.1, -0.05) is 28.1 Å². The summed E-state index contributed by atoms with van der Waals surface area (Å²) >= 11 is 3.48. The number of nitrogens with one attached hydrogen (secondary N) is 1. The standard InChI is InChI=1S/C18H24BrN3O/c19-15-3-1-14(2-4-15)18(6-7-18)17(23)22-10-5-16(13-22)21-11-8-20-9-12-21/h1-4,16,20H,5-13H2. The zero-order chi connectivity index (χ0) is 15.9.